The van der Waals surface area contributed by atoms with E-state index in [1.165, 1.54) is 0 Å². The van der Waals surface area contributed by atoms with Crippen LogP contribution in [0.15, 0.2) is 24.5 Å². The Bertz CT molecular complexity index is 823. The van der Waals surface area contributed by atoms with Crippen molar-refractivity contribution in [3.8, 4) is 11.5 Å². The van der Waals surface area contributed by atoms with Crippen LogP contribution in [0.3, 0.4) is 0 Å². The van der Waals surface area contributed by atoms with Crippen molar-refractivity contribution in [3.05, 3.63) is 30.2 Å². The fourth-order valence-corrected chi connectivity index (χ4v) is 2.17. The quantitative estimate of drug-likeness (QED) is 0.481. The van der Waals surface area contributed by atoms with Crippen molar-refractivity contribution in [2.75, 3.05) is 6.61 Å². The summed E-state index contributed by atoms with van der Waals surface area (Å²) in [6, 6.07) is 3.47. The molecule has 0 atom stereocenters. The van der Waals surface area contributed by atoms with Gasteiger partial charge in [-0.1, -0.05) is 0 Å². The Labute approximate surface area is 122 Å². The van der Waals surface area contributed by atoms with Crippen molar-refractivity contribution >= 4 is 25.1 Å². The van der Waals surface area contributed by atoms with Gasteiger partial charge in [-0.2, -0.15) is 5.10 Å². The van der Waals surface area contributed by atoms with Gasteiger partial charge in [0.15, 0.2) is 25.0 Å². The maximum absolute atomic E-state index is 12.0. The molecule has 8 heteroatoms. The SMILES string of the molecule is Bc1cc2nc(C(=O)OCC)cc(-c3nccn3C)n2n1. The number of aromatic nitrogens is 5. The molecule has 3 heterocycles. The first kappa shape index (κ1) is 13.4. The summed E-state index contributed by atoms with van der Waals surface area (Å²) in [5.74, 6) is 0.255. The van der Waals surface area contributed by atoms with Crippen LogP contribution in [0.1, 0.15) is 17.4 Å². The number of hydrogen-bond donors (Lipinski definition) is 0. The predicted molar refractivity (Wildman–Crippen MR) is 79.3 cm³/mol. The van der Waals surface area contributed by atoms with Crippen molar-refractivity contribution in [2.45, 2.75) is 6.92 Å². The Morgan fingerprint density at radius 2 is 2.24 bits per heavy atom. The molecular weight excluding hydrogens is 269 g/mol. The molecule has 21 heavy (non-hydrogen) atoms. The van der Waals surface area contributed by atoms with Gasteiger partial charge in [0, 0.05) is 31.1 Å². The fourth-order valence-electron chi connectivity index (χ4n) is 2.17. The Morgan fingerprint density at radius 3 is 2.90 bits per heavy atom. The number of imidazole rings is 1. The highest BCUT2D eigenvalue weighted by Crippen LogP contribution is 2.18. The van der Waals surface area contributed by atoms with Gasteiger partial charge < -0.3 is 9.30 Å². The van der Waals surface area contributed by atoms with E-state index in [0.717, 1.165) is 5.59 Å². The lowest BCUT2D eigenvalue weighted by atomic mass is 10.1. The molecule has 0 saturated carbocycles. The van der Waals surface area contributed by atoms with Crippen LogP contribution in [0, 0.1) is 0 Å². The fraction of sp³-hybridized carbons (Fsp3) is 0.231. The van der Waals surface area contributed by atoms with Crippen LogP contribution in [0.5, 0.6) is 0 Å². The molecule has 3 aromatic heterocycles. The van der Waals surface area contributed by atoms with E-state index in [-0.39, 0.29) is 5.69 Å². The van der Waals surface area contributed by atoms with Gasteiger partial charge in [0.05, 0.1) is 6.61 Å². The number of hydrogen-bond acceptors (Lipinski definition) is 5. The summed E-state index contributed by atoms with van der Waals surface area (Å²) in [4.78, 5) is 20.6. The zero-order valence-corrected chi connectivity index (χ0v) is 12.1. The second-order valence-corrected chi connectivity index (χ2v) is 4.66. The third-order valence-corrected chi connectivity index (χ3v) is 3.08. The summed E-state index contributed by atoms with van der Waals surface area (Å²) in [6.45, 7) is 2.07. The Kier molecular flexibility index (Phi) is 3.21. The molecular formula is C13H14BN5O2. The van der Waals surface area contributed by atoms with Gasteiger partial charge >= 0.3 is 5.97 Å². The van der Waals surface area contributed by atoms with Gasteiger partial charge in [-0.3, -0.25) is 0 Å². The second kappa shape index (κ2) is 5.04. The molecule has 0 saturated heterocycles. The maximum atomic E-state index is 12.0. The molecule has 3 rings (SSSR count). The first-order valence-electron chi connectivity index (χ1n) is 6.62. The predicted octanol–water partition coefficient (Wildman–Crippen LogP) is -0.435. The summed E-state index contributed by atoms with van der Waals surface area (Å²) < 4.78 is 8.57. The van der Waals surface area contributed by atoms with Crippen LogP contribution >= 0.6 is 0 Å². The minimum Gasteiger partial charge on any atom is -0.461 e. The number of aryl methyl sites for hydroxylation is 1. The molecule has 0 spiro atoms. The summed E-state index contributed by atoms with van der Waals surface area (Å²) in [5, 5.41) is 4.41. The lowest BCUT2D eigenvalue weighted by Gasteiger charge is -2.07. The number of esters is 1. The van der Waals surface area contributed by atoms with Crippen molar-refractivity contribution < 1.29 is 9.53 Å². The van der Waals surface area contributed by atoms with Gasteiger partial charge in [-0.25, -0.2) is 19.3 Å². The molecule has 0 aliphatic rings. The van der Waals surface area contributed by atoms with Gasteiger partial charge in [0.25, 0.3) is 0 Å². The van der Waals surface area contributed by atoms with Crippen LogP contribution in [0.25, 0.3) is 17.2 Å². The highest BCUT2D eigenvalue weighted by molar-refractivity contribution is 6.31. The van der Waals surface area contributed by atoms with E-state index in [9.17, 15) is 4.79 Å². The molecule has 0 aliphatic heterocycles. The molecule has 0 radical (unpaired) electrons. The van der Waals surface area contributed by atoms with E-state index in [2.05, 4.69) is 15.1 Å². The lowest BCUT2D eigenvalue weighted by molar-refractivity contribution is 0.0519. The molecule has 0 bridgehead atoms. The first-order chi connectivity index (χ1) is 10.1. The van der Waals surface area contributed by atoms with Gasteiger partial charge in [0.2, 0.25) is 0 Å². The zero-order chi connectivity index (χ0) is 15.0. The third-order valence-electron chi connectivity index (χ3n) is 3.08. The first-order valence-corrected chi connectivity index (χ1v) is 6.62. The van der Waals surface area contributed by atoms with Crippen molar-refractivity contribution in [3.63, 3.8) is 0 Å². The number of fused-ring (bicyclic) bond motifs is 1. The van der Waals surface area contributed by atoms with Crippen LogP contribution in [0.2, 0.25) is 0 Å². The summed E-state index contributed by atoms with van der Waals surface area (Å²) >= 11 is 0. The topological polar surface area (TPSA) is 74.3 Å². The van der Waals surface area contributed by atoms with Gasteiger partial charge in [-0.05, 0) is 13.0 Å². The standard InChI is InChI=1S/C13H14BN5O2/c1-3-21-13(20)8-6-9(12-15-4-5-18(12)2)19-11(16-8)7-10(14)17-19/h4-7H,3,14H2,1-2H3. The molecule has 3 aromatic rings. The number of carbonyl (C=O) groups is 1. The maximum Gasteiger partial charge on any atom is 0.357 e. The summed E-state index contributed by atoms with van der Waals surface area (Å²) in [7, 11) is 3.76. The van der Waals surface area contributed by atoms with Crippen molar-refractivity contribution in [1.82, 2.24) is 24.1 Å². The number of rotatable bonds is 3. The minimum atomic E-state index is -0.450. The number of nitrogens with zero attached hydrogens (tertiary/aromatic N) is 5. The normalized spacial score (nSPS) is 11.0. The largest absolute Gasteiger partial charge is 0.461 e. The van der Waals surface area contributed by atoms with E-state index in [1.807, 2.05) is 31.7 Å². The highest BCUT2D eigenvalue weighted by atomic mass is 16.5. The van der Waals surface area contributed by atoms with Crippen molar-refractivity contribution in [2.24, 2.45) is 7.05 Å². The van der Waals surface area contributed by atoms with Crippen molar-refractivity contribution in [1.29, 1.82) is 0 Å². The molecule has 7 nitrogen and oxygen atoms in total. The highest BCUT2D eigenvalue weighted by Gasteiger charge is 2.17. The summed E-state index contributed by atoms with van der Waals surface area (Å²) in [5.41, 5.74) is 2.36. The smallest absolute Gasteiger partial charge is 0.357 e. The molecule has 106 valence electrons. The molecule has 0 unspecified atom stereocenters. The van der Waals surface area contributed by atoms with Crippen LogP contribution in [0.4, 0.5) is 0 Å². The Hall–Kier alpha value is -2.64. The summed E-state index contributed by atoms with van der Waals surface area (Å²) in [6.07, 6.45) is 3.53. The van der Waals surface area contributed by atoms with Gasteiger partial charge in [0.1, 0.15) is 5.69 Å². The molecule has 0 aromatic carbocycles. The minimum absolute atomic E-state index is 0.252. The molecule has 0 amide bonds. The molecule has 0 fully saturated rings. The van der Waals surface area contributed by atoms with E-state index in [0.29, 0.717) is 23.8 Å². The number of carbonyl (C=O) groups excluding carboxylic acids is 1. The number of ether oxygens (including phenoxy) is 1. The van der Waals surface area contributed by atoms with Gasteiger partial charge in [-0.15, -0.1) is 0 Å². The van der Waals surface area contributed by atoms with E-state index in [1.54, 1.807) is 23.7 Å². The molecule has 0 aliphatic carbocycles. The average Bonchev–Trinajstić information content (AvgIpc) is 3.02. The van der Waals surface area contributed by atoms with E-state index >= 15 is 0 Å². The van der Waals surface area contributed by atoms with Crippen LogP contribution in [-0.4, -0.2) is 44.6 Å². The Morgan fingerprint density at radius 1 is 1.43 bits per heavy atom. The van der Waals surface area contributed by atoms with E-state index in [4.69, 9.17) is 4.74 Å². The average molecular weight is 283 g/mol. The zero-order valence-electron chi connectivity index (χ0n) is 12.1. The van der Waals surface area contributed by atoms with Crippen LogP contribution in [-0.2, 0) is 11.8 Å². The Balaban J connectivity index is 2.25. The monoisotopic (exact) mass is 283 g/mol. The molecule has 0 N–H and O–H groups in total. The van der Waals surface area contributed by atoms with E-state index < -0.39 is 5.97 Å². The van der Waals surface area contributed by atoms with Crippen LogP contribution < -0.4 is 5.59 Å². The lowest BCUT2D eigenvalue weighted by Crippen LogP contribution is -2.11. The third kappa shape index (κ3) is 2.28. The second-order valence-electron chi connectivity index (χ2n) is 4.66.